The van der Waals surface area contributed by atoms with E-state index in [1.807, 2.05) is 0 Å². The predicted molar refractivity (Wildman–Crippen MR) is 94.6 cm³/mol. The molecular weight excluding hydrogens is 414 g/mol. The van der Waals surface area contributed by atoms with Crippen molar-refractivity contribution in [3.63, 3.8) is 0 Å². The Morgan fingerprint density at radius 2 is 1.90 bits per heavy atom. The Balaban J connectivity index is 2.02. The van der Waals surface area contributed by atoms with Gasteiger partial charge >= 0.3 is 12.1 Å². The number of esters is 1. The van der Waals surface area contributed by atoms with Gasteiger partial charge in [0.05, 0.1) is 29.5 Å². The minimum Gasteiger partial charge on any atom is -0.466 e. The lowest BCUT2D eigenvalue weighted by Gasteiger charge is -2.23. The van der Waals surface area contributed by atoms with Gasteiger partial charge in [-0.3, -0.25) is 4.79 Å². The second-order valence-electron chi connectivity index (χ2n) is 6.46. The van der Waals surface area contributed by atoms with Crippen molar-refractivity contribution in [1.82, 2.24) is 4.31 Å². The van der Waals surface area contributed by atoms with E-state index >= 15 is 0 Å². The van der Waals surface area contributed by atoms with Crippen molar-refractivity contribution in [3.05, 3.63) is 65.0 Å². The maximum absolute atomic E-state index is 13.8. The van der Waals surface area contributed by atoms with Crippen molar-refractivity contribution in [3.8, 4) is 0 Å². The number of benzene rings is 2. The first-order chi connectivity index (χ1) is 13.5. The van der Waals surface area contributed by atoms with Crippen molar-refractivity contribution < 1.29 is 35.5 Å². The van der Waals surface area contributed by atoms with Crippen molar-refractivity contribution in [1.29, 1.82) is 0 Å². The molecule has 156 valence electrons. The van der Waals surface area contributed by atoms with Gasteiger partial charge in [0.15, 0.2) is 0 Å². The van der Waals surface area contributed by atoms with Crippen molar-refractivity contribution >= 4 is 16.0 Å². The van der Waals surface area contributed by atoms with Crippen LogP contribution in [0.1, 0.15) is 36.1 Å². The molecule has 2 aromatic rings. The van der Waals surface area contributed by atoms with E-state index in [-0.39, 0.29) is 29.1 Å². The lowest BCUT2D eigenvalue weighted by Crippen LogP contribution is -2.30. The van der Waals surface area contributed by atoms with Crippen LogP contribution in [0.3, 0.4) is 0 Å². The highest BCUT2D eigenvalue weighted by molar-refractivity contribution is 7.89. The Hall–Kier alpha value is -2.46. The first-order valence-corrected chi connectivity index (χ1v) is 10.1. The number of alkyl halides is 3. The first-order valence-electron chi connectivity index (χ1n) is 8.67. The summed E-state index contributed by atoms with van der Waals surface area (Å²) in [5.41, 5.74) is -0.757. The van der Waals surface area contributed by atoms with Crippen LogP contribution in [0.15, 0.2) is 47.4 Å². The van der Waals surface area contributed by atoms with Crippen LogP contribution in [0.4, 0.5) is 17.6 Å². The fourth-order valence-corrected chi connectivity index (χ4v) is 5.10. The number of hydrogen-bond donors (Lipinski definition) is 0. The summed E-state index contributed by atoms with van der Waals surface area (Å²) in [5.74, 6) is -1.38. The third-order valence-corrected chi connectivity index (χ3v) is 6.45. The molecule has 0 spiro atoms. The van der Waals surface area contributed by atoms with Gasteiger partial charge in [-0.25, -0.2) is 12.8 Å². The molecule has 1 aliphatic heterocycles. The monoisotopic (exact) mass is 431 g/mol. The highest BCUT2D eigenvalue weighted by Crippen LogP contribution is 2.43. The SMILES string of the molecule is CCOC(=O)C[C@H]1c2cc(F)ccc2S(=O)(=O)N1Cc1cccc(C(F)(F)F)c1. The maximum atomic E-state index is 13.8. The second kappa shape index (κ2) is 7.75. The van der Waals surface area contributed by atoms with Gasteiger partial charge < -0.3 is 4.74 Å². The Kier molecular flexibility index (Phi) is 5.68. The second-order valence-corrected chi connectivity index (χ2v) is 8.31. The Morgan fingerprint density at radius 3 is 2.55 bits per heavy atom. The Labute approximate surface area is 164 Å². The van der Waals surface area contributed by atoms with E-state index < -0.39 is 46.1 Å². The molecule has 0 saturated carbocycles. The van der Waals surface area contributed by atoms with Gasteiger partial charge in [0.2, 0.25) is 10.0 Å². The summed E-state index contributed by atoms with van der Waals surface area (Å²) in [4.78, 5) is 11.8. The molecule has 1 aliphatic rings. The molecule has 0 N–H and O–H groups in total. The summed E-state index contributed by atoms with van der Waals surface area (Å²) in [5, 5.41) is 0. The van der Waals surface area contributed by atoms with Crippen LogP contribution in [-0.4, -0.2) is 25.3 Å². The minimum atomic E-state index is -4.59. The number of rotatable bonds is 5. The molecule has 1 atom stereocenters. The van der Waals surface area contributed by atoms with Crippen molar-refractivity contribution in [2.24, 2.45) is 0 Å². The van der Waals surface area contributed by atoms with Gasteiger partial charge in [-0.2, -0.15) is 17.5 Å². The third kappa shape index (κ3) is 4.27. The maximum Gasteiger partial charge on any atom is 0.416 e. The molecule has 0 amide bonds. The average Bonchev–Trinajstić information content (AvgIpc) is 2.82. The fraction of sp³-hybridized carbons (Fsp3) is 0.316. The van der Waals surface area contributed by atoms with Crippen LogP contribution >= 0.6 is 0 Å². The summed E-state index contributed by atoms with van der Waals surface area (Å²) in [6.45, 7) is 1.24. The van der Waals surface area contributed by atoms with E-state index in [4.69, 9.17) is 4.74 Å². The predicted octanol–water partition coefficient (Wildman–Crippen LogP) is 4.04. The topological polar surface area (TPSA) is 63.7 Å². The zero-order chi connectivity index (χ0) is 21.4. The first kappa shape index (κ1) is 21.3. The van der Waals surface area contributed by atoms with Gasteiger partial charge in [-0.05, 0) is 42.3 Å². The standard InChI is InChI=1S/C19H17F4NO4S/c1-2-28-18(25)10-16-15-9-14(20)6-7-17(15)29(26,27)24(16)11-12-4-3-5-13(8-12)19(21,22)23/h3-9,16H,2,10-11H2,1H3/t16-/m0/s1. The van der Waals surface area contributed by atoms with Gasteiger partial charge in [-0.1, -0.05) is 18.2 Å². The number of carbonyl (C=O) groups excluding carboxylic acids is 1. The van der Waals surface area contributed by atoms with E-state index in [0.29, 0.717) is 0 Å². The lowest BCUT2D eigenvalue weighted by molar-refractivity contribution is -0.144. The van der Waals surface area contributed by atoms with Crippen LogP contribution in [0.25, 0.3) is 0 Å². The molecule has 0 bridgehead atoms. The van der Waals surface area contributed by atoms with Crippen LogP contribution in [0.5, 0.6) is 0 Å². The molecule has 1 heterocycles. The molecule has 0 aliphatic carbocycles. The number of sulfonamides is 1. The molecule has 0 saturated heterocycles. The summed E-state index contributed by atoms with van der Waals surface area (Å²) in [6.07, 6.45) is -4.97. The van der Waals surface area contributed by atoms with Crippen molar-refractivity contribution in [2.45, 2.75) is 37.0 Å². The molecule has 0 aromatic heterocycles. The highest BCUT2D eigenvalue weighted by Gasteiger charge is 2.44. The number of ether oxygens (including phenoxy) is 1. The number of nitrogens with zero attached hydrogens (tertiary/aromatic N) is 1. The van der Waals surface area contributed by atoms with E-state index in [1.54, 1.807) is 6.92 Å². The molecule has 2 aromatic carbocycles. The largest absolute Gasteiger partial charge is 0.466 e. The number of hydrogen-bond acceptors (Lipinski definition) is 4. The summed E-state index contributed by atoms with van der Waals surface area (Å²) >= 11 is 0. The Morgan fingerprint density at radius 1 is 1.17 bits per heavy atom. The zero-order valence-corrected chi connectivity index (χ0v) is 16.1. The summed E-state index contributed by atoms with van der Waals surface area (Å²) < 4.78 is 84.4. The Bertz CT molecular complexity index is 1040. The number of fused-ring (bicyclic) bond motifs is 1. The number of carbonyl (C=O) groups is 1. The van der Waals surface area contributed by atoms with E-state index in [9.17, 15) is 30.8 Å². The quantitative estimate of drug-likeness (QED) is 0.530. The third-order valence-electron chi connectivity index (χ3n) is 4.52. The molecule has 10 heteroatoms. The molecular formula is C19H17F4NO4S. The van der Waals surface area contributed by atoms with Crippen LogP contribution in [-0.2, 0) is 32.3 Å². The van der Waals surface area contributed by atoms with Gasteiger partial charge in [0.25, 0.3) is 0 Å². The average molecular weight is 431 g/mol. The molecule has 0 radical (unpaired) electrons. The van der Waals surface area contributed by atoms with E-state index in [0.717, 1.165) is 34.6 Å². The fourth-order valence-electron chi connectivity index (χ4n) is 3.27. The summed E-state index contributed by atoms with van der Waals surface area (Å²) in [6, 6.07) is 6.25. The van der Waals surface area contributed by atoms with Crippen LogP contribution < -0.4 is 0 Å². The van der Waals surface area contributed by atoms with E-state index in [2.05, 4.69) is 0 Å². The molecule has 3 rings (SSSR count). The summed E-state index contributed by atoms with van der Waals surface area (Å²) in [7, 11) is -4.14. The lowest BCUT2D eigenvalue weighted by atomic mass is 10.0. The van der Waals surface area contributed by atoms with Crippen LogP contribution in [0, 0.1) is 5.82 Å². The van der Waals surface area contributed by atoms with E-state index in [1.165, 1.54) is 12.1 Å². The number of halogens is 4. The molecule has 0 unspecified atom stereocenters. The van der Waals surface area contributed by atoms with Crippen molar-refractivity contribution in [2.75, 3.05) is 6.61 Å². The van der Waals surface area contributed by atoms with Gasteiger partial charge in [0, 0.05) is 6.54 Å². The smallest absolute Gasteiger partial charge is 0.416 e. The zero-order valence-electron chi connectivity index (χ0n) is 15.2. The normalized spacial score (nSPS) is 18.4. The molecule has 29 heavy (non-hydrogen) atoms. The molecule has 5 nitrogen and oxygen atoms in total. The minimum absolute atomic E-state index is 0.0714. The highest BCUT2D eigenvalue weighted by atomic mass is 32.2. The van der Waals surface area contributed by atoms with Crippen LogP contribution in [0.2, 0.25) is 0 Å². The molecule has 0 fully saturated rings. The van der Waals surface area contributed by atoms with Gasteiger partial charge in [-0.15, -0.1) is 0 Å². The van der Waals surface area contributed by atoms with Gasteiger partial charge in [0.1, 0.15) is 5.82 Å².